The summed E-state index contributed by atoms with van der Waals surface area (Å²) in [6, 6.07) is 4.09. The molecule has 4 nitrogen and oxygen atoms in total. The van der Waals surface area contributed by atoms with Gasteiger partial charge in [-0.05, 0) is 49.8 Å². The lowest BCUT2D eigenvalue weighted by molar-refractivity contribution is -0.131. The summed E-state index contributed by atoms with van der Waals surface area (Å²) in [6.07, 6.45) is 2.25. The van der Waals surface area contributed by atoms with Crippen LogP contribution in [0.5, 0.6) is 0 Å². The molecule has 114 valence electrons. The fraction of sp³-hybridized carbons (Fsp3) is 0.643. The molecule has 1 saturated heterocycles. The first-order valence-electron chi connectivity index (χ1n) is 6.88. The first-order valence-corrected chi connectivity index (χ1v) is 7.75. The summed E-state index contributed by atoms with van der Waals surface area (Å²) in [5.41, 5.74) is 5.68. The normalized spacial score (nSPS) is 16.7. The van der Waals surface area contributed by atoms with E-state index >= 15 is 0 Å². The van der Waals surface area contributed by atoms with Crippen LogP contribution in [0.2, 0.25) is 0 Å². The van der Waals surface area contributed by atoms with Crippen molar-refractivity contribution >= 4 is 29.7 Å². The number of nitrogens with zero attached hydrogens (tertiary/aromatic N) is 2. The highest BCUT2D eigenvalue weighted by Crippen LogP contribution is 2.16. The average Bonchev–Trinajstić information content (AvgIpc) is 2.92. The van der Waals surface area contributed by atoms with Crippen LogP contribution >= 0.6 is 23.7 Å². The zero-order valence-corrected chi connectivity index (χ0v) is 13.6. The van der Waals surface area contributed by atoms with Gasteiger partial charge >= 0.3 is 0 Å². The van der Waals surface area contributed by atoms with Crippen molar-refractivity contribution in [1.82, 2.24) is 9.80 Å². The average molecular weight is 318 g/mol. The molecule has 20 heavy (non-hydrogen) atoms. The molecule has 0 bridgehead atoms. The van der Waals surface area contributed by atoms with Crippen molar-refractivity contribution in [3.63, 3.8) is 0 Å². The first-order chi connectivity index (χ1) is 9.19. The molecule has 2 N–H and O–H groups in total. The predicted octanol–water partition coefficient (Wildman–Crippen LogP) is 1.80. The molecule has 1 aromatic rings. The fourth-order valence-electron chi connectivity index (χ4n) is 2.42. The first kappa shape index (κ1) is 17.4. The van der Waals surface area contributed by atoms with E-state index < -0.39 is 0 Å². The van der Waals surface area contributed by atoms with Gasteiger partial charge in [0.1, 0.15) is 0 Å². The van der Waals surface area contributed by atoms with Crippen LogP contribution in [-0.4, -0.2) is 48.9 Å². The number of hydrogen-bond acceptors (Lipinski definition) is 4. The molecule has 2 heterocycles. The zero-order chi connectivity index (χ0) is 13.7. The number of carbonyl (C=O) groups is 1. The van der Waals surface area contributed by atoms with Crippen molar-refractivity contribution in [2.45, 2.75) is 19.4 Å². The SMILES string of the molecule is CN(Cc1cccs1)C(=O)CN1CCC(CN)CC1.Cl. The minimum Gasteiger partial charge on any atom is -0.340 e. The van der Waals surface area contributed by atoms with Crippen molar-refractivity contribution in [3.05, 3.63) is 22.4 Å². The molecule has 1 aliphatic rings. The van der Waals surface area contributed by atoms with Crippen LogP contribution in [0.1, 0.15) is 17.7 Å². The highest BCUT2D eigenvalue weighted by Gasteiger charge is 2.21. The number of rotatable bonds is 5. The maximum Gasteiger partial charge on any atom is 0.236 e. The maximum atomic E-state index is 12.2. The maximum absolute atomic E-state index is 12.2. The van der Waals surface area contributed by atoms with Gasteiger partial charge in [0, 0.05) is 11.9 Å². The summed E-state index contributed by atoms with van der Waals surface area (Å²) in [4.78, 5) is 17.5. The van der Waals surface area contributed by atoms with E-state index in [1.807, 2.05) is 23.4 Å². The fourth-order valence-corrected chi connectivity index (χ4v) is 3.17. The van der Waals surface area contributed by atoms with Crippen LogP contribution in [0.3, 0.4) is 0 Å². The molecule has 0 unspecified atom stereocenters. The standard InChI is InChI=1S/C14H23N3OS.ClH/c1-16(10-13-3-2-8-19-13)14(18)11-17-6-4-12(9-15)5-7-17;/h2-3,8,12H,4-7,9-11,15H2,1H3;1H. The molecule has 0 aliphatic carbocycles. The number of amides is 1. The summed E-state index contributed by atoms with van der Waals surface area (Å²) in [5.74, 6) is 0.856. The van der Waals surface area contributed by atoms with Gasteiger partial charge < -0.3 is 10.6 Å². The van der Waals surface area contributed by atoms with E-state index in [1.165, 1.54) is 4.88 Å². The monoisotopic (exact) mass is 317 g/mol. The lowest BCUT2D eigenvalue weighted by Crippen LogP contribution is -2.42. The van der Waals surface area contributed by atoms with Gasteiger partial charge in [-0.3, -0.25) is 9.69 Å². The van der Waals surface area contributed by atoms with Crippen LogP contribution in [0, 0.1) is 5.92 Å². The van der Waals surface area contributed by atoms with E-state index in [0.717, 1.165) is 39.0 Å². The molecule has 1 fully saturated rings. The lowest BCUT2D eigenvalue weighted by atomic mass is 9.97. The second-order valence-corrected chi connectivity index (χ2v) is 6.32. The number of carbonyl (C=O) groups excluding carboxylic acids is 1. The Labute approximate surface area is 131 Å². The Morgan fingerprint density at radius 2 is 2.20 bits per heavy atom. The van der Waals surface area contributed by atoms with Crippen LogP contribution in [0.25, 0.3) is 0 Å². The van der Waals surface area contributed by atoms with Gasteiger partial charge in [0.2, 0.25) is 5.91 Å². The van der Waals surface area contributed by atoms with Crippen LogP contribution in [-0.2, 0) is 11.3 Å². The van der Waals surface area contributed by atoms with Crippen LogP contribution in [0.4, 0.5) is 0 Å². The van der Waals surface area contributed by atoms with Crippen LogP contribution < -0.4 is 5.73 Å². The van der Waals surface area contributed by atoms with Gasteiger partial charge in [-0.2, -0.15) is 0 Å². The van der Waals surface area contributed by atoms with E-state index in [2.05, 4.69) is 11.0 Å². The van der Waals surface area contributed by atoms with Crippen LogP contribution in [0.15, 0.2) is 17.5 Å². The Bertz CT molecular complexity index is 391. The Kier molecular flexibility index (Phi) is 7.51. The van der Waals surface area contributed by atoms with E-state index in [0.29, 0.717) is 12.5 Å². The number of hydrogen-bond donors (Lipinski definition) is 1. The van der Waals surface area contributed by atoms with E-state index in [4.69, 9.17) is 5.73 Å². The van der Waals surface area contributed by atoms with Gasteiger partial charge in [0.05, 0.1) is 13.1 Å². The molecule has 6 heteroatoms. The number of likely N-dealkylation sites (N-methyl/N-ethyl adjacent to an activating group) is 1. The van der Waals surface area contributed by atoms with Gasteiger partial charge in [0.25, 0.3) is 0 Å². The molecule has 1 amide bonds. The topological polar surface area (TPSA) is 49.6 Å². The van der Waals surface area contributed by atoms with Crippen molar-refractivity contribution in [2.24, 2.45) is 11.7 Å². The smallest absolute Gasteiger partial charge is 0.236 e. The van der Waals surface area contributed by atoms with Gasteiger partial charge in [-0.1, -0.05) is 6.07 Å². The molecule has 0 radical (unpaired) electrons. The molecule has 0 atom stereocenters. The largest absolute Gasteiger partial charge is 0.340 e. The third-order valence-electron chi connectivity index (χ3n) is 3.80. The van der Waals surface area contributed by atoms with Crippen molar-refractivity contribution in [1.29, 1.82) is 0 Å². The molecule has 1 aliphatic heterocycles. The lowest BCUT2D eigenvalue weighted by Gasteiger charge is -2.31. The Morgan fingerprint density at radius 1 is 1.50 bits per heavy atom. The Hall–Kier alpha value is -0.620. The number of likely N-dealkylation sites (tertiary alicyclic amines) is 1. The summed E-state index contributed by atoms with van der Waals surface area (Å²) in [7, 11) is 1.88. The molecular weight excluding hydrogens is 294 g/mol. The molecule has 0 saturated carbocycles. The Morgan fingerprint density at radius 3 is 2.75 bits per heavy atom. The molecular formula is C14H24ClN3OS. The summed E-state index contributed by atoms with van der Waals surface area (Å²) < 4.78 is 0. The second-order valence-electron chi connectivity index (χ2n) is 5.28. The Balaban J connectivity index is 0.00000200. The third-order valence-corrected chi connectivity index (χ3v) is 4.66. The molecule has 0 spiro atoms. The minimum absolute atomic E-state index is 0. The number of thiophene rings is 1. The minimum atomic E-state index is 0. The van der Waals surface area contributed by atoms with Crippen molar-refractivity contribution < 1.29 is 4.79 Å². The molecule has 2 rings (SSSR count). The van der Waals surface area contributed by atoms with Gasteiger partial charge in [0.15, 0.2) is 0 Å². The van der Waals surface area contributed by atoms with Crippen molar-refractivity contribution in [3.8, 4) is 0 Å². The van der Waals surface area contributed by atoms with Crippen molar-refractivity contribution in [2.75, 3.05) is 33.2 Å². The highest BCUT2D eigenvalue weighted by molar-refractivity contribution is 7.09. The summed E-state index contributed by atoms with van der Waals surface area (Å²) in [5, 5.41) is 2.05. The zero-order valence-electron chi connectivity index (χ0n) is 12.0. The molecule has 1 aromatic heterocycles. The van der Waals surface area contributed by atoms with E-state index in [1.54, 1.807) is 11.3 Å². The summed E-state index contributed by atoms with van der Waals surface area (Å²) >= 11 is 1.70. The van der Waals surface area contributed by atoms with E-state index in [9.17, 15) is 4.79 Å². The number of piperidine rings is 1. The third kappa shape index (κ3) is 5.05. The second kappa shape index (κ2) is 8.62. The predicted molar refractivity (Wildman–Crippen MR) is 86.3 cm³/mol. The summed E-state index contributed by atoms with van der Waals surface area (Å²) in [6.45, 7) is 4.04. The molecule has 0 aromatic carbocycles. The number of halogens is 1. The van der Waals surface area contributed by atoms with Gasteiger partial charge in [-0.25, -0.2) is 0 Å². The van der Waals surface area contributed by atoms with E-state index in [-0.39, 0.29) is 18.3 Å². The number of nitrogens with two attached hydrogens (primary N) is 1. The highest BCUT2D eigenvalue weighted by atomic mass is 35.5. The quantitative estimate of drug-likeness (QED) is 0.901. The van der Waals surface area contributed by atoms with Gasteiger partial charge in [-0.15, -0.1) is 23.7 Å².